The lowest BCUT2D eigenvalue weighted by Gasteiger charge is -2.34. The van der Waals surface area contributed by atoms with E-state index < -0.39 is 12.2 Å². The Hall–Kier alpha value is -0.930. The third-order valence-corrected chi connectivity index (χ3v) is 4.69. The lowest BCUT2D eigenvalue weighted by Crippen LogP contribution is -2.54. The van der Waals surface area contributed by atoms with Crippen molar-refractivity contribution in [2.45, 2.75) is 63.1 Å². The topological polar surface area (TPSA) is 103 Å². The highest BCUT2D eigenvalue weighted by Gasteiger charge is 2.48. The van der Waals surface area contributed by atoms with E-state index in [1.165, 1.54) is 0 Å². The van der Waals surface area contributed by atoms with Gasteiger partial charge in [0.05, 0.1) is 25.4 Å². The van der Waals surface area contributed by atoms with Crippen molar-refractivity contribution in [3.05, 3.63) is 0 Å². The largest absolute Gasteiger partial charge is 0.394 e. The van der Waals surface area contributed by atoms with Gasteiger partial charge < -0.3 is 30.3 Å². The Bertz CT molecular complexity index is 409. The van der Waals surface area contributed by atoms with Crippen LogP contribution in [0.3, 0.4) is 0 Å². The van der Waals surface area contributed by atoms with Crippen LogP contribution in [0.2, 0.25) is 0 Å². The number of nitrogens with zero attached hydrogens (tertiary/aromatic N) is 1. The molecule has 0 bridgehead atoms. The first kappa shape index (κ1) is 19.4. The summed E-state index contributed by atoms with van der Waals surface area (Å²) in [4.78, 5) is 14.0. The number of likely N-dealkylation sites (tertiary alicyclic amines) is 1. The molecule has 5 atom stereocenters. The molecule has 8 heteroatoms. The molecule has 0 aliphatic carbocycles. The monoisotopic (exact) mass is 345 g/mol. The molecule has 2 aliphatic rings. The molecule has 0 radical (unpaired) electrons. The number of ether oxygens (including phenoxy) is 2. The number of methoxy groups -OCH3 is 1. The molecule has 24 heavy (non-hydrogen) atoms. The zero-order valence-corrected chi connectivity index (χ0v) is 14.8. The van der Waals surface area contributed by atoms with Crippen molar-refractivity contribution in [3.8, 4) is 0 Å². The quantitative estimate of drug-likeness (QED) is 0.486. The third-order valence-electron chi connectivity index (χ3n) is 4.69. The van der Waals surface area contributed by atoms with Crippen molar-refractivity contribution in [1.29, 1.82) is 0 Å². The Kier molecular flexibility index (Phi) is 7.24. The van der Waals surface area contributed by atoms with Gasteiger partial charge in [0.15, 0.2) is 0 Å². The van der Waals surface area contributed by atoms with E-state index in [-0.39, 0.29) is 43.4 Å². The van der Waals surface area contributed by atoms with Crippen molar-refractivity contribution < 1.29 is 24.5 Å². The van der Waals surface area contributed by atoms with E-state index in [1.54, 1.807) is 7.11 Å². The van der Waals surface area contributed by atoms with Crippen molar-refractivity contribution >= 4 is 6.03 Å². The van der Waals surface area contributed by atoms with Crippen LogP contribution in [0.1, 0.15) is 26.7 Å². The van der Waals surface area contributed by atoms with E-state index in [0.29, 0.717) is 6.61 Å². The highest BCUT2D eigenvalue weighted by molar-refractivity contribution is 5.74. The van der Waals surface area contributed by atoms with Crippen molar-refractivity contribution in [3.63, 3.8) is 0 Å². The number of nitrogens with one attached hydrogen (secondary N) is 2. The molecule has 4 N–H and O–H groups in total. The first-order valence-corrected chi connectivity index (χ1v) is 8.71. The van der Waals surface area contributed by atoms with Crippen LogP contribution in [0.4, 0.5) is 4.79 Å². The van der Waals surface area contributed by atoms with Gasteiger partial charge in [0.1, 0.15) is 12.2 Å². The molecule has 0 aromatic rings. The number of carbonyl (C=O) groups excluding carboxylic acids is 1. The van der Waals surface area contributed by atoms with Crippen LogP contribution in [0, 0.1) is 0 Å². The molecule has 2 fully saturated rings. The number of hydrogen-bond donors (Lipinski definition) is 4. The van der Waals surface area contributed by atoms with Gasteiger partial charge in [-0.3, -0.25) is 4.90 Å². The van der Waals surface area contributed by atoms with Gasteiger partial charge in [-0.1, -0.05) is 0 Å². The summed E-state index contributed by atoms with van der Waals surface area (Å²) in [5.74, 6) is 0. The molecule has 2 saturated heterocycles. The molecule has 2 aliphatic heterocycles. The smallest absolute Gasteiger partial charge is 0.315 e. The van der Waals surface area contributed by atoms with Crippen LogP contribution in [0.5, 0.6) is 0 Å². The molecule has 2 heterocycles. The molecular weight excluding hydrogens is 314 g/mol. The average molecular weight is 345 g/mol. The van der Waals surface area contributed by atoms with Crippen molar-refractivity contribution in [2.24, 2.45) is 0 Å². The predicted molar refractivity (Wildman–Crippen MR) is 88.8 cm³/mol. The molecule has 0 saturated carbocycles. The number of urea groups is 1. The first-order valence-electron chi connectivity index (χ1n) is 8.71. The molecule has 0 spiro atoms. The Labute approximate surface area is 143 Å². The van der Waals surface area contributed by atoms with E-state index in [2.05, 4.69) is 15.5 Å². The summed E-state index contributed by atoms with van der Waals surface area (Å²) in [6.07, 6.45) is 0.267. The van der Waals surface area contributed by atoms with Crippen LogP contribution in [0.15, 0.2) is 0 Å². The lowest BCUT2D eigenvalue weighted by atomic mass is 10.0. The minimum atomic E-state index is -0.785. The highest BCUT2D eigenvalue weighted by Crippen LogP contribution is 2.31. The van der Waals surface area contributed by atoms with Gasteiger partial charge in [-0.25, -0.2) is 4.79 Å². The maximum atomic E-state index is 11.8. The number of amides is 2. The van der Waals surface area contributed by atoms with Gasteiger partial charge in [0, 0.05) is 25.7 Å². The van der Waals surface area contributed by atoms with Crippen LogP contribution < -0.4 is 10.6 Å². The minimum Gasteiger partial charge on any atom is -0.394 e. The Morgan fingerprint density at radius 2 is 2.17 bits per heavy atom. The van der Waals surface area contributed by atoms with Gasteiger partial charge in [-0.15, -0.1) is 0 Å². The Morgan fingerprint density at radius 1 is 1.42 bits per heavy atom. The highest BCUT2D eigenvalue weighted by atomic mass is 16.5. The fourth-order valence-corrected chi connectivity index (χ4v) is 3.68. The number of carbonyl (C=O) groups is 1. The second-order valence-electron chi connectivity index (χ2n) is 6.88. The summed E-state index contributed by atoms with van der Waals surface area (Å²) >= 11 is 0. The fraction of sp³-hybridized carbons (Fsp3) is 0.938. The standard InChI is InChI=1S/C16H31N3O5/c1-10(2)18-16(22)17-7-12-14(15(21)13(8-20)24-12)19-6-4-5-11(19)9-23-3/h10-15,20-21H,4-9H2,1-3H3,(H2,17,18,22). The molecule has 5 unspecified atom stereocenters. The molecule has 8 nitrogen and oxygen atoms in total. The Morgan fingerprint density at radius 3 is 2.79 bits per heavy atom. The van der Waals surface area contributed by atoms with Gasteiger partial charge in [0.2, 0.25) is 0 Å². The molecule has 140 valence electrons. The Balaban J connectivity index is 2.02. The number of hydrogen-bond acceptors (Lipinski definition) is 6. The van der Waals surface area contributed by atoms with Crippen LogP contribution in [-0.4, -0.2) is 91.0 Å². The van der Waals surface area contributed by atoms with E-state index in [1.807, 2.05) is 13.8 Å². The minimum absolute atomic E-state index is 0.0470. The number of aliphatic hydroxyl groups is 2. The van der Waals surface area contributed by atoms with E-state index in [9.17, 15) is 15.0 Å². The summed E-state index contributed by atoms with van der Waals surface area (Å²) in [7, 11) is 1.67. The van der Waals surface area contributed by atoms with Gasteiger partial charge in [-0.05, 0) is 33.2 Å². The van der Waals surface area contributed by atoms with Gasteiger partial charge in [-0.2, -0.15) is 0 Å². The zero-order valence-electron chi connectivity index (χ0n) is 14.8. The van der Waals surface area contributed by atoms with Gasteiger partial charge >= 0.3 is 6.03 Å². The molecule has 0 aromatic heterocycles. The van der Waals surface area contributed by atoms with E-state index in [4.69, 9.17) is 9.47 Å². The molecule has 0 aromatic carbocycles. The first-order chi connectivity index (χ1) is 11.5. The van der Waals surface area contributed by atoms with Crippen LogP contribution >= 0.6 is 0 Å². The summed E-state index contributed by atoms with van der Waals surface area (Å²) in [6, 6.07) is -0.248. The maximum absolute atomic E-state index is 11.8. The van der Waals surface area contributed by atoms with Crippen molar-refractivity contribution in [2.75, 3.05) is 33.4 Å². The summed E-state index contributed by atoms with van der Waals surface area (Å²) in [5, 5.41) is 25.6. The van der Waals surface area contributed by atoms with E-state index in [0.717, 1.165) is 19.4 Å². The van der Waals surface area contributed by atoms with Crippen LogP contribution in [0.25, 0.3) is 0 Å². The van der Waals surface area contributed by atoms with Gasteiger partial charge in [0.25, 0.3) is 0 Å². The van der Waals surface area contributed by atoms with Crippen molar-refractivity contribution in [1.82, 2.24) is 15.5 Å². The fourth-order valence-electron chi connectivity index (χ4n) is 3.68. The molecule has 2 rings (SSSR count). The predicted octanol–water partition coefficient (Wildman–Crippen LogP) is -0.706. The number of aliphatic hydroxyl groups excluding tert-OH is 2. The lowest BCUT2D eigenvalue weighted by molar-refractivity contribution is -0.0206. The summed E-state index contributed by atoms with van der Waals surface area (Å²) in [5.41, 5.74) is 0. The SMILES string of the molecule is COCC1CCCN1C1C(CNC(=O)NC(C)C)OC(CO)C1O. The summed E-state index contributed by atoms with van der Waals surface area (Å²) < 4.78 is 11.1. The molecule has 2 amide bonds. The zero-order chi connectivity index (χ0) is 17.7. The number of rotatable bonds is 7. The molecular formula is C16H31N3O5. The average Bonchev–Trinajstić information content (AvgIpc) is 3.09. The third kappa shape index (κ3) is 4.58. The van der Waals surface area contributed by atoms with E-state index >= 15 is 0 Å². The second kappa shape index (κ2) is 8.96. The second-order valence-corrected chi connectivity index (χ2v) is 6.88. The normalized spacial score (nSPS) is 34.0. The van der Waals surface area contributed by atoms with Crippen LogP contribution in [-0.2, 0) is 9.47 Å². The summed E-state index contributed by atoms with van der Waals surface area (Å²) in [6.45, 7) is 5.27. The maximum Gasteiger partial charge on any atom is 0.315 e.